The van der Waals surface area contributed by atoms with E-state index in [9.17, 15) is 22.4 Å². The molecule has 0 aromatic heterocycles. The minimum atomic E-state index is -4.10. The van der Waals surface area contributed by atoms with Crippen molar-refractivity contribution in [2.45, 2.75) is 24.3 Å². The summed E-state index contributed by atoms with van der Waals surface area (Å²) in [5.74, 6) is -1.64. The molecule has 0 spiro atoms. The maximum absolute atomic E-state index is 13.2. The molecule has 9 heteroatoms. The molecule has 1 amide bonds. The lowest BCUT2D eigenvalue weighted by atomic mass is 10.1. The molecule has 0 aliphatic carbocycles. The fraction of sp³-hybridized carbons (Fsp3) is 0.167. The number of esters is 1. The molecule has 3 aromatic carbocycles. The summed E-state index contributed by atoms with van der Waals surface area (Å²) >= 11 is 0. The zero-order valence-corrected chi connectivity index (χ0v) is 18.6. The van der Waals surface area contributed by atoms with Gasteiger partial charge in [0.2, 0.25) is 15.9 Å². The number of halogens is 1. The van der Waals surface area contributed by atoms with E-state index in [2.05, 4.69) is 10.0 Å². The van der Waals surface area contributed by atoms with E-state index in [0.29, 0.717) is 11.3 Å². The third-order valence-electron chi connectivity index (χ3n) is 4.68. The smallest absolute Gasteiger partial charge is 0.338 e. The summed E-state index contributed by atoms with van der Waals surface area (Å²) < 4.78 is 46.2. The molecule has 2 N–H and O–H groups in total. The Balaban J connectivity index is 1.80. The molecular formula is C24H23FN2O5S. The number of benzene rings is 3. The van der Waals surface area contributed by atoms with Crippen molar-refractivity contribution in [2.75, 3.05) is 11.9 Å². The summed E-state index contributed by atoms with van der Waals surface area (Å²) in [6.45, 7) is 1.94. The second-order valence-electron chi connectivity index (χ2n) is 7.10. The monoisotopic (exact) mass is 470 g/mol. The predicted molar refractivity (Wildman–Crippen MR) is 122 cm³/mol. The summed E-state index contributed by atoms with van der Waals surface area (Å²) in [4.78, 5) is 24.6. The van der Waals surface area contributed by atoms with E-state index in [4.69, 9.17) is 4.74 Å². The zero-order valence-electron chi connectivity index (χ0n) is 17.8. The Morgan fingerprint density at radius 2 is 1.58 bits per heavy atom. The Morgan fingerprint density at radius 1 is 0.939 bits per heavy atom. The fourth-order valence-corrected chi connectivity index (χ4v) is 4.24. The van der Waals surface area contributed by atoms with Crippen LogP contribution in [0.5, 0.6) is 0 Å². The van der Waals surface area contributed by atoms with Crippen molar-refractivity contribution in [3.8, 4) is 0 Å². The number of amides is 1. The van der Waals surface area contributed by atoms with Gasteiger partial charge in [0.05, 0.1) is 17.1 Å². The van der Waals surface area contributed by atoms with Crippen molar-refractivity contribution >= 4 is 27.6 Å². The average molecular weight is 471 g/mol. The summed E-state index contributed by atoms with van der Waals surface area (Å²) in [5, 5.41) is 2.67. The van der Waals surface area contributed by atoms with Crippen molar-refractivity contribution < 1.29 is 27.1 Å². The first-order valence-electron chi connectivity index (χ1n) is 10.2. The van der Waals surface area contributed by atoms with Crippen LogP contribution in [0, 0.1) is 5.82 Å². The van der Waals surface area contributed by atoms with Crippen LogP contribution >= 0.6 is 0 Å². The number of ether oxygens (including phenoxy) is 1. The number of carbonyl (C=O) groups is 2. The van der Waals surface area contributed by atoms with Gasteiger partial charge in [0.15, 0.2) is 0 Å². The molecule has 3 aromatic rings. The molecule has 0 fully saturated rings. The van der Waals surface area contributed by atoms with Crippen LogP contribution in [0.4, 0.5) is 10.1 Å². The second-order valence-corrected chi connectivity index (χ2v) is 8.82. The highest BCUT2D eigenvalue weighted by Crippen LogP contribution is 2.15. The number of hydrogen-bond donors (Lipinski definition) is 2. The van der Waals surface area contributed by atoms with Gasteiger partial charge in [-0.15, -0.1) is 0 Å². The van der Waals surface area contributed by atoms with Crippen LogP contribution in [0.25, 0.3) is 0 Å². The van der Waals surface area contributed by atoms with Gasteiger partial charge in [-0.3, -0.25) is 4.79 Å². The molecule has 7 nitrogen and oxygen atoms in total. The number of sulfonamides is 1. The largest absolute Gasteiger partial charge is 0.462 e. The quantitative estimate of drug-likeness (QED) is 0.466. The van der Waals surface area contributed by atoms with E-state index >= 15 is 0 Å². The number of rotatable bonds is 9. The van der Waals surface area contributed by atoms with Crippen LogP contribution in [-0.4, -0.2) is 32.9 Å². The summed E-state index contributed by atoms with van der Waals surface area (Å²) in [7, 11) is -4.10. The Hall–Kier alpha value is -3.56. The minimum Gasteiger partial charge on any atom is -0.462 e. The Bertz CT molecular complexity index is 1200. The van der Waals surface area contributed by atoms with Crippen LogP contribution < -0.4 is 10.0 Å². The molecule has 172 valence electrons. The molecule has 0 unspecified atom stereocenters. The van der Waals surface area contributed by atoms with Gasteiger partial charge in [-0.1, -0.05) is 30.3 Å². The van der Waals surface area contributed by atoms with Gasteiger partial charge >= 0.3 is 5.97 Å². The molecule has 3 rings (SSSR count). The number of carbonyl (C=O) groups excluding carboxylic acids is 2. The molecule has 33 heavy (non-hydrogen) atoms. The Kier molecular flexibility index (Phi) is 7.92. The zero-order chi connectivity index (χ0) is 23.8. The van der Waals surface area contributed by atoms with Crippen LogP contribution in [0.1, 0.15) is 22.8 Å². The summed E-state index contributed by atoms with van der Waals surface area (Å²) in [6.07, 6.45) is 0.0913. The lowest BCUT2D eigenvalue weighted by Crippen LogP contribution is -2.45. The molecule has 0 saturated carbocycles. The predicted octanol–water partition coefficient (Wildman–Crippen LogP) is 3.53. The Morgan fingerprint density at radius 3 is 2.18 bits per heavy atom. The van der Waals surface area contributed by atoms with E-state index < -0.39 is 33.8 Å². The summed E-state index contributed by atoms with van der Waals surface area (Å²) in [6, 6.07) is 18.2. The summed E-state index contributed by atoms with van der Waals surface area (Å²) in [5.41, 5.74) is 1.46. The number of nitrogens with one attached hydrogen (secondary N) is 2. The van der Waals surface area contributed by atoms with Crippen molar-refractivity contribution in [1.29, 1.82) is 0 Å². The van der Waals surface area contributed by atoms with Gasteiger partial charge in [0.25, 0.3) is 0 Å². The first kappa shape index (κ1) is 24.1. The van der Waals surface area contributed by atoms with Crippen LogP contribution in [0.15, 0.2) is 83.8 Å². The first-order chi connectivity index (χ1) is 15.8. The van der Waals surface area contributed by atoms with Crippen molar-refractivity contribution in [1.82, 2.24) is 4.72 Å². The lowest BCUT2D eigenvalue weighted by molar-refractivity contribution is -0.117. The van der Waals surface area contributed by atoms with Gasteiger partial charge in [0.1, 0.15) is 11.9 Å². The highest BCUT2D eigenvalue weighted by atomic mass is 32.2. The van der Waals surface area contributed by atoms with E-state index in [0.717, 1.165) is 29.8 Å². The first-order valence-corrected chi connectivity index (χ1v) is 11.7. The second kappa shape index (κ2) is 10.8. The minimum absolute atomic E-state index is 0.0913. The van der Waals surface area contributed by atoms with E-state index in [-0.39, 0.29) is 17.9 Å². The molecule has 0 aliphatic rings. The van der Waals surface area contributed by atoms with Gasteiger partial charge in [-0.05, 0) is 67.4 Å². The van der Waals surface area contributed by atoms with E-state index in [1.807, 2.05) is 6.07 Å². The van der Waals surface area contributed by atoms with Crippen LogP contribution in [-0.2, 0) is 26.0 Å². The third kappa shape index (κ3) is 6.71. The maximum atomic E-state index is 13.2. The number of hydrogen-bond acceptors (Lipinski definition) is 5. The van der Waals surface area contributed by atoms with E-state index in [1.165, 1.54) is 24.3 Å². The fourth-order valence-electron chi connectivity index (χ4n) is 3.04. The third-order valence-corrected chi connectivity index (χ3v) is 6.17. The van der Waals surface area contributed by atoms with Crippen LogP contribution in [0.3, 0.4) is 0 Å². The topological polar surface area (TPSA) is 102 Å². The highest BCUT2D eigenvalue weighted by molar-refractivity contribution is 7.89. The van der Waals surface area contributed by atoms with Crippen molar-refractivity contribution in [3.05, 3.63) is 95.8 Å². The molecule has 0 radical (unpaired) electrons. The number of anilines is 1. The highest BCUT2D eigenvalue weighted by Gasteiger charge is 2.26. The molecule has 1 atom stereocenters. The van der Waals surface area contributed by atoms with Gasteiger partial charge in [0, 0.05) is 5.69 Å². The standard InChI is InChI=1S/C24H23FN2O5S/c1-2-32-24(29)18-8-12-20(13-9-18)26-23(28)22(16-17-6-4-3-5-7-17)27-33(30,31)21-14-10-19(25)11-15-21/h3-15,22,27H,2,16H2,1H3,(H,26,28)/t22-/m0/s1. The normalized spacial score (nSPS) is 12.1. The van der Waals surface area contributed by atoms with Crippen LogP contribution in [0.2, 0.25) is 0 Å². The lowest BCUT2D eigenvalue weighted by Gasteiger charge is -2.19. The van der Waals surface area contributed by atoms with Gasteiger partial charge < -0.3 is 10.1 Å². The molecule has 0 bridgehead atoms. The van der Waals surface area contributed by atoms with Crippen molar-refractivity contribution in [2.24, 2.45) is 0 Å². The molecule has 0 saturated heterocycles. The van der Waals surface area contributed by atoms with Crippen molar-refractivity contribution in [3.63, 3.8) is 0 Å². The maximum Gasteiger partial charge on any atom is 0.338 e. The van der Waals surface area contributed by atoms with E-state index in [1.54, 1.807) is 31.2 Å². The average Bonchev–Trinajstić information content (AvgIpc) is 2.80. The van der Waals surface area contributed by atoms with Gasteiger partial charge in [-0.25, -0.2) is 17.6 Å². The molecule has 0 aliphatic heterocycles. The molecular weight excluding hydrogens is 447 g/mol. The Labute approximate surface area is 191 Å². The SMILES string of the molecule is CCOC(=O)c1ccc(NC(=O)[C@H](Cc2ccccc2)NS(=O)(=O)c2ccc(F)cc2)cc1. The molecule has 0 heterocycles. The van der Waals surface area contributed by atoms with Gasteiger partial charge in [-0.2, -0.15) is 4.72 Å².